The van der Waals surface area contributed by atoms with Crippen LogP contribution >= 0.6 is 23.5 Å². The smallest absolute Gasteiger partial charge is 0.186 e. The van der Waals surface area contributed by atoms with Crippen molar-refractivity contribution in [1.29, 1.82) is 0 Å². The van der Waals surface area contributed by atoms with Crippen molar-refractivity contribution in [3.05, 3.63) is 29.3 Å². The molecule has 10 heteroatoms. The van der Waals surface area contributed by atoms with Crippen LogP contribution in [-0.4, -0.2) is 87.2 Å². The summed E-state index contributed by atoms with van der Waals surface area (Å²) in [7, 11) is 0. The van der Waals surface area contributed by atoms with E-state index in [1.807, 2.05) is 12.1 Å². The maximum absolute atomic E-state index is 11.3. The van der Waals surface area contributed by atoms with E-state index in [4.69, 9.17) is 14.9 Å². The number of carbonyl (C=O) groups is 2. The molecule has 0 aliphatic rings. The molecule has 0 aromatic heterocycles. The summed E-state index contributed by atoms with van der Waals surface area (Å²) in [5.41, 5.74) is 1.89. The molecule has 0 unspecified atom stereocenters. The molecule has 0 amide bonds. The SMILES string of the molecule is CC(=O)SCc1ccc(OCCN(C[C@H](O)CO)C[C@H](O)CO)cc1CSC(C)=O. The van der Waals surface area contributed by atoms with Gasteiger partial charge in [0.25, 0.3) is 0 Å². The maximum Gasteiger partial charge on any atom is 0.186 e. The second-order valence-electron chi connectivity index (χ2n) is 6.77. The van der Waals surface area contributed by atoms with Crippen LogP contribution in [0.4, 0.5) is 0 Å². The predicted octanol–water partition coefficient (Wildman–Crippen LogP) is 0.633. The van der Waals surface area contributed by atoms with Gasteiger partial charge in [-0.2, -0.15) is 0 Å². The summed E-state index contributed by atoms with van der Waals surface area (Å²) in [6.07, 6.45) is -1.91. The van der Waals surface area contributed by atoms with Crippen LogP contribution in [0.3, 0.4) is 0 Å². The lowest BCUT2D eigenvalue weighted by Crippen LogP contribution is -2.42. The molecule has 0 bridgehead atoms. The molecular weight excluding hydrogens is 430 g/mol. The summed E-state index contributed by atoms with van der Waals surface area (Å²) >= 11 is 2.40. The van der Waals surface area contributed by atoms with Gasteiger partial charge in [-0.15, -0.1) is 0 Å². The molecule has 1 rings (SSSR count). The zero-order valence-electron chi connectivity index (χ0n) is 17.3. The molecule has 30 heavy (non-hydrogen) atoms. The van der Waals surface area contributed by atoms with Gasteiger partial charge in [0.1, 0.15) is 12.4 Å². The number of aliphatic hydroxyl groups is 4. The van der Waals surface area contributed by atoms with E-state index in [0.717, 1.165) is 11.1 Å². The lowest BCUT2D eigenvalue weighted by Gasteiger charge is -2.26. The topological polar surface area (TPSA) is 128 Å². The summed E-state index contributed by atoms with van der Waals surface area (Å²) in [6.45, 7) is 3.12. The molecule has 0 spiro atoms. The summed E-state index contributed by atoms with van der Waals surface area (Å²) < 4.78 is 5.80. The van der Waals surface area contributed by atoms with E-state index in [-0.39, 0.29) is 29.9 Å². The van der Waals surface area contributed by atoms with Gasteiger partial charge < -0.3 is 25.2 Å². The van der Waals surface area contributed by atoms with Crippen molar-refractivity contribution < 1.29 is 34.8 Å². The molecule has 8 nitrogen and oxygen atoms in total. The van der Waals surface area contributed by atoms with Crippen LogP contribution in [0.1, 0.15) is 25.0 Å². The molecule has 0 saturated carbocycles. The van der Waals surface area contributed by atoms with E-state index in [2.05, 4.69) is 0 Å². The Kier molecular flexibility index (Phi) is 13.3. The first kappa shape index (κ1) is 26.9. The third-order valence-electron chi connectivity index (χ3n) is 4.08. The molecule has 0 aliphatic carbocycles. The summed E-state index contributed by atoms with van der Waals surface area (Å²) in [6, 6.07) is 5.53. The lowest BCUT2D eigenvalue weighted by molar-refractivity contribution is -0.109. The van der Waals surface area contributed by atoms with Crippen molar-refractivity contribution in [1.82, 2.24) is 4.90 Å². The van der Waals surface area contributed by atoms with E-state index in [1.165, 1.54) is 37.4 Å². The van der Waals surface area contributed by atoms with Gasteiger partial charge in [-0.05, 0) is 23.3 Å². The minimum atomic E-state index is -0.954. The van der Waals surface area contributed by atoms with Crippen molar-refractivity contribution in [2.45, 2.75) is 37.6 Å². The fourth-order valence-electron chi connectivity index (χ4n) is 2.59. The summed E-state index contributed by atoms with van der Waals surface area (Å²) in [4.78, 5) is 24.3. The molecular formula is C20H31NO7S2. The second kappa shape index (κ2) is 14.8. The Balaban J connectivity index is 2.75. The molecule has 0 fully saturated rings. The first-order valence-electron chi connectivity index (χ1n) is 9.56. The Bertz CT molecular complexity index is 663. The van der Waals surface area contributed by atoms with Crippen LogP contribution in [0.5, 0.6) is 5.75 Å². The van der Waals surface area contributed by atoms with Gasteiger partial charge in [0, 0.05) is 45.0 Å². The molecule has 4 N–H and O–H groups in total. The van der Waals surface area contributed by atoms with Crippen molar-refractivity contribution >= 4 is 33.8 Å². The van der Waals surface area contributed by atoms with Gasteiger partial charge in [-0.1, -0.05) is 29.6 Å². The lowest BCUT2D eigenvalue weighted by atomic mass is 10.1. The molecule has 1 aromatic rings. The van der Waals surface area contributed by atoms with Crippen LogP contribution in [0.2, 0.25) is 0 Å². The highest BCUT2D eigenvalue weighted by Gasteiger charge is 2.15. The van der Waals surface area contributed by atoms with Crippen molar-refractivity contribution in [2.24, 2.45) is 0 Å². The van der Waals surface area contributed by atoms with Gasteiger partial charge in [-0.25, -0.2) is 0 Å². The molecule has 0 radical (unpaired) electrons. The van der Waals surface area contributed by atoms with Crippen LogP contribution in [0.15, 0.2) is 18.2 Å². The average Bonchev–Trinajstić information content (AvgIpc) is 2.70. The Morgan fingerprint density at radius 2 is 1.50 bits per heavy atom. The highest BCUT2D eigenvalue weighted by atomic mass is 32.2. The maximum atomic E-state index is 11.3. The van der Waals surface area contributed by atoms with Gasteiger partial charge in [-0.3, -0.25) is 14.5 Å². The fraction of sp³-hybridized carbons (Fsp3) is 0.600. The number of rotatable bonds is 14. The minimum absolute atomic E-state index is 0.00650. The van der Waals surface area contributed by atoms with Crippen LogP contribution < -0.4 is 4.74 Å². The third-order valence-corrected chi connectivity index (χ3v) is 5.80. The number of aliphatic hydroxyl groups excluding tert-OH is 4. The first-order chi connectivity index (χ1) is 14.2. The van der Waals surface area contributed by atoms with Crippen molar-refractivity contribution in [2.75, 3.05) is 39.5 Å². The number of nitrogens with zero attached hydrogens (tertiary/aromatic N) is 1. The van der Waals surface area contributed by atoms with E-state index < -0.39 is 25.4 Å². The van der Waals surface area contributed by atoms with Gasteiger partial charge >= 0.3 is 0 Å². The number of ether oxygens (including phenoxy) is 1. The van der Waals surface area contributed by atoms with E-state index in [9.17, 15) is 19.8 Å². The molecule has 0 saturated heterocycles. The highest BCUT2D eigenvalue weighted by Crippen LogP contribution is 2.26. The molecule has 0 heterocycles. The van der Waals surface area contributed by atoms with E-state index in [1.54, 1.807) is 11.0 Å². The number of benzene rings is 1. The zero-order valence-corrected chi connectivity index (χ0v) is 19.0. The number of hydrogen-bond donors (Lipinski definition) is 4. The standard InChI is InChI=1S/C20H31NO7S2/c1-14(24)29-12-16-3-4-20(7-17(16)13-30-15(2)25)28-6-5-21(8-18(26)10-22)9-19(27)11-23/h3-4,7,18-19,22-23,26-27H,5-6,8-13H2,1-2H3/t18-,19-/m0/s1. The predicted molar refractivity (Wildman–Crippen MR) is 119 cm³/mol. The van der Waals surface area contributed by atoms with Gasteiger partial charge in [0.15, 0.2) is 10.2 Å². The Morgan fingerprint density at radius 1 is 0.967 bits per heavy atom. The Hall–Kier alpha value is -1.14. The van der Waals surface area contributed by atoms with Crippen LogP contribution in [0, 0.1) is 0 Å². The van der Waals surface area contributed by atoms with Gasteiger partial charge in [0.05, 0.1) is 25.4 Å². The largest absolute Gasteiger partial charge is 0.492 e. The third kappa shape index (κ3) is 11.3. The zero-order chi connectivity index (χ0) is 22.5. The Morgan fingerprint density at radius 3 is 2.00 bits per heavy atom. The molecule has 170 valence electrons. The Labute approximate surface area is 185 Å². The summed E-state index contributed by atoms with van der Waals surface area (Å²) in [5, 5.41) is 37.4. The van der Waals surface area contributed by atoms with E-state index in [0.29, 0.717) is 23.8 Å². The van der Waals surface area contributed by atoms with Crippen LogP contribution in [0.25, 0.3) is 0 Å². The minimum Gasteiger partial charge on any atom is -0.492 e. The molecule has 1 aromatic carbocycles. The quantitative estimate of drug-likeness (QED) is 0.313. The second-order valence-corrected chi connectivity index (χ2v) is 9.08. The molecule has 0 aliphatic heterocycles. The van der Waals surface area contributed by atoms with Gasteiger partial charge in [0.2, 0.25) is 0 Å². The van der Waals surface area contributed by atoms with Crippen molar-refractivity contribution in [3.63, 3.8) is 0 Å². The average molecular weight is 462 g/mol. The fourth-order valence-corrected chi connectivity index (χ4v) is 3.86. The number of carbonyl (C=O) groups excluding carboxylic acids is 2. The normalized spacial score (nSPS) is 13.3. The summed E-state index contributed by atoms with van der Waals surface area (Å²) in [5.74, 6) is 1.61. The van der Waals surface area contributed by atoms with Crippen molar-refractivity contribution in [3.8, 4) is 5.75 Å². The first-order valence-corrected chi connectivity index (χ1v) is 11.5. The molecule has 2 atom stereocenters. The number of thioether (sulfide) groups is 2. The van der Waals surface area contributed by atoms with E-state index >= 15 is 0 Å². The highest BCUT2D eigenvalue weighted by molar-refractivity contribution is 8.13. The monoisotopic (exact) mass is 461 g/mol. The van der Waals surface area contributed by atoms with Crippen LogP contribution in [-0.2, 0) is 21.1 Å². The number of hydrogen-bond acceptors (Lipinski definition) is 10.